The van der Waals surface area contributed by atoms with Gasteiger partial charge in [-0.1, -0.05) is 6.42 Å². The molecule has 1 aliphatic heterocycles. The number of hydrogen-bond donors (Lipinski definition) is 2. The van der Waals surface area contributed by atoms with Crippen molar-refractivity contribution in [1.29, 1.82) is 0 Å². The SMILES string of the molecule is CCNC(=NCc1nnc(C)n1C)NC1C2CCOC2C12CCC2. The number of aliphatic imine (C=N–C) groups is 1. The summed E-state index contributed by atoms with van der Waals surface area (Å²) in [5, 5.41) is 15.4. The fourth-order valence-corrected chi connectivity index (χ4v) is 4.66. The summed E-state index contributed by atoms with van der Waals surface area (Å²) in [6.45, 7) is 6.37. The summed E-state index contributed by atoms with van der Waals surface area (Å²) in [6.07, 6.45) is 5.55. The van der Waals surface area contributed by atoms with Crippen molar-refractivity contribution in [3.63, 3.8) is 0 Å². The lowest BCUT2D eigenvalue weighted by molar-refractivity contribution is -0.171. The standard InChI is InChI=1S/C17H28N6O/c1-4-18-16(19-10-13-22-21-11(2)23(13)3)20-14-12-6-9-24-15(12)17(14)7-5-8-17/h12,14-15H,4-10H2,1-3H3,(H2,18,19,20). The van der Waals surface area contributed by atoms with Crippen LogP contribution in [-0.4, -0.2) is 46.0 Å². The molecule has 3 fully saturated rings. The first-order chi connectivity index (χ1) is 11.7. The Hall–Kier alpha value is -1.63. The molecule has 0 amide bonds. The lowest BCUT2D eigenvalue weighted by atomic mass is 9.46. The van der Waals surface area contributed by atoms with Crippen LogP contribution in [0.5, 0.6) is 0 Å². The molecule has 1 aromatic rings. The predicted octanol–water partition coefficient (Wildman–Crippen LogP) is 1.14. The van der Waals surface area contributed by atoms with Crippen molar-refractivity contribution in [2.45, 2.75) is 58.2 Å². The molecule has 0 aromatic carbocycles. The Bertz CT molecular complexity index is 635. The van der Waals surface area contributed by atoms with Crippen LogP contribution in [-0.2, 0) is 18.3 Å². The third kappa shape index (κ3) is 2.32. The van der Waals surface area contributed by atoms with Crippen LogP contribution >= 0.6 is 0 Å². The summed E-state index contributed by atoms with van der Waals surface area (Å²) in [7, 11) is 1.98. The minimum absolute atomic E-state index is 0.360. The van der Waals surface area contributed by atoms with Gasteiger partial charge in [-0.15, -0.1) is 10.2 Å². The van der Waals surface area contributed by atoms with E-state index in [1.807, 2.05) is 18.5 Å². The molecule has 4 rings (SSSR count). The molecule has 3 aliphatic rings. The zero-order valence-electron chi connectivity index (χ0n) is 14.9. The van der Waals surface area contributed by atoms with Crippen LogP contribution in [0.1, 0.15) is 44.3 Å². The van der Waals surface area contributed by atoms with E-state index in [9.17, 15) is 0 Å². The lowest BCUT2D eigenvalue weighted by Gasteiger charge is -2.63. The average molecular weight is 332 g/mol. The molecule has 132 valence electrons. The molecule has 2 N–H and O–H groups in total. The van der Waals surface area contributed by atoms with Crippen molar-refractivity contribution in [3.05, 3.63) is 11.6 Å². The van der Waals surface area contributed by atoms with Gasteiger partial charge in [0.05, 0.1) is 6.10 Å². The van der Waals surface area contributed by atoms with Crippen LogP contribution in [0.3, 0.4) is 0 Å². The van der Waals surface area contributed by atoms with E-state index in [0.29, 0.717) is 30.0 Å². The molecule has 24 heavy (non-hydrogen) atoms. The molecule has 0 radical (unpaired) electrons. The van der Waals surface area contributed by atoms with Gasteiger partial charge >= 0.3 is 0 Å². The number of aryl methyl sites for hydroxylation is 1. The van der Waals surface area contributed by atoms with Gasteiger partial charge in [-0.25, -0.2) is 4.99 Å². The van der Waals surface area contributed by atoms with E-state index in [0.717, 1.165) is 30.8 Å². The summed E-state index contributed by atoms with van der Waals surface area (Å²) >= 11 is 0. The molecule has 2 saturated carbocycles. The highest BCUT2D eigenvalue weighted by atomic mass is 16.5. The summed E-state index contributed by atoms with van der Waals surface area (Å²) < 4.78 is 8.00. The van der Waals surface area contributed by atoms with Crippen molar-refractivity contribution >= 4 is 5.96 Å². The van der Waals surface area contributed by atoms with E-state index in [1.54, 1.807) is 0 Å². The number of guanidine groups is 1. The Morgan fingerprint density at radius 1 is 1.42 bits per heavy atom. The van der Waals surface area contributed by atoms with Gasteiger partial charge in [0.15, 0.2) is 11.8 Å². The molecule has 7 nitrogen and oxygen atoms in total. The third-order valence-electron chi connectivity index (χ3n) is 6.23. The van der Waals surface area contributed by atoms with Crippen molar-refractivity contribution in [3.8, 4) is 0 Å². The van der Waals surface area contributed by atoms with Crippen LogP contribution in [0.25, 0.3) is 0 Å². The molecule has 3 atom stereocenters. The first-order valence-electron chi connectivity index (χ1n) is 9.17. The largest absolute Gasteiger partial charge is 0.377 e. The zero-order chi connectivity index (χ0) is 16.7. The smallest absolute Gasteiger partial charge is 0.191 e. The van der Waals surface area contributed by atoms with Gasteiger partial charge in [0, 0.05) is 37.6 Å². The van der Waals surface area contributed by atoms with Gasteiger partial charge in [-0.05, 0) is 33.1 Å². The van der Waals surface area contributed by atoms with Crippen molar-refractivity contribution < 1.29 is 4.74 Å². The van der Waals surface area contributed by atoms with Crippen LogP contribution in [0.15, 0.2) is 4.99 Å². The Balaban J connectivity index is 1.47. The molecule has 2 aliphatic carbocycles. The van der Waals surface area contributed by atoms with E-state index in [2.05, 4.69) is 27.8 Å². The van der Waals surface area contributed by atoms with Gasteiger partial charge in [0.2, 0.25) is 0 Å². The predicted molar refractivity (Wildman–Crippen MR) is 91.6 cm³/mol. The topological polar surface area (TPSA) is 76.4 Å². The van der Waals surface area contributed by atoms with Crippen LogP contribution in [0, 0.1) is 18.3 Å². The molecule has 1 spiro atoms. The normalized spacial score (nSPS) is 30.6. The molecular weight excluding hydrogens is 304 g/mol. The number of rotatable bonds is 4. The minimum atomic E-state index is 0.360. The highest BCUT2D eigenvalue weighted by molar-refractivity contribution is 5.80. The monoisotopic (exact) mass is 332 g/mol. The third-order valence-corrected chi connectivity index (χ3v) is 6.23. The summed E-state index contributed by atoms with van der Waals surface area (Å²) in [4.78, 5) is 4.75. The molecule has 7 heteroatoms. The number of fused-ring (bicyclic) bond motifs is 2. The highest BCUT2D eigenvalue weighted by Gasteiger charge is 2.66. The molecular formula is C17H28N6O. The Labute approximate surface area is 143 Å². The van der Waals surface area contributed by atoms with Crippen molar-refractivity contribution in [1.82, 2.24) is 25.4 Å². The minimum Gasteiger partial charge on any atom is -0.377 e. The van der Waals surface area contributed by atoms with Gasteiger partial charge in [0.1, 0.15) is 12.4 Å². The van der Waals surface area contributed by atoms with Crippen molar-refractivity contribution in [2.75, 3.05) is 13.2 Å². The highest BCUT2D eigenvalue weighted by Crippen LogP contribution is 2.62. The summed E-state index contributed by atoms with van der Waals surface area (Å²) in [5.74, 6) is 3.33. The Morgan fingerprint density at radius 3 is 2.88 bits per heavy atom. The molecule has 1 aromatic heterocycles. The van der Waals surface area contributed by atoms with E-state index in [4.69, 9.17) is 9.73 Å². The number of aromatic nitrogens is 3. The molecule has 3 unspecified atom stereocenters. The van der Waals surface area contributed by atoms with Gasteiger partial charge in [-0.3, -0.25) is 0 Å². The fourth-order valence-electron chi connectivity index (χ4n) is 4.66. The van der Waals surface area contributed by atoms with Gasteiger partial charge in [-0.2, -0.15) is 0 Å². The number of ether oxygens (including phenoxy) is 1. The first-order valence-corrected chi connectivity index (χ1v) is 9.17. The van der Waals surface area contributed by atoms with E-state index < -0.39 is 0 Å². The van der Waals surface area contributed by atoms with E-state index >= 15 is 0 Å². The maximum Gasteiger partial charge on any atom is 0.191 e. The number of nitrogens with one attached hydrogen (secondary N) is 2. The first kappa shape index (κ1) is 15.9. The van der Waals surface area contributed by atoms with Gasteiger partial charge in [0.25, 0.3) is 0 Å². The second kappa shape index (κ2) is 6.02. The fraction of sp³-hybridized carbons (Fsp3) is 0.824. The van der Waals surface area contributed by atoms with Crippen LogP contribution < -0.4 is 10.6 Å². The number of hydrogen-bond acceptors (Lipinski definition) is 4. The van der Waals surface area contributed by atoms with E-state index in [1.165, 1.54) is 25.7 Å². The van der Waals surface area contributed by atoms with Crippen LogP contribution in [0.2, 0.25) is 0 Å². The second-order valence-electron chi connectivity index (χ2n) is 7.37. The van der Waals surface area contributed by atoms with Crippen LogP contribution in [0.4, 0.5) is 0 Å². The van der Waals surface area contributed by atoms with Gasteiger partial charge < -0.3 is 19.9 Å². The Kier molecular flexibility index (Phi) is 3.98. The van der Waals surface area contributed by atoms with Crippen molar-refractivity contribution in [2.24, 2.45) is 23.4 Å². The lowest BCUT2D eigenvalue weighted by Crippen LogP contribution is -2.72. The summed E-state index contributed by atoms with van der Waals surface area (Å²) in [6, 6.07) is 0.498. The number of nitrogens with zero attached hydrogens (tertiary/aromatic N) is 4. The summed E-state index contributed by atoms with van der Waals surface area (Å²) in [5.41, 5.74) is 0.360. The molecule has 1 saturated heterocycles. The van der Waals surface area contributed by atoms with E-state index in [-0.39, 0.29) is 0 Å². The molecule has 2 heterocycles. The average Bonchev–Trinajstić information content (AvgIpc) is 3.07. The second-order valence-corrected chi connectivity index (χ2v) is 7.37. The molecule has 0 bridgehead atoms. The quantitative estimate of drug-likeness (QED) is 0.639. The Morgan fingerprint density at radius 2 is 2.25 bits per heavy atom. The zero-order valence-corrected chi connectivity index (χ0v) is 14.9. The maximum atomic E-state index is 6.01. The maximum absolute atomic E-state index is 6.01.